The van der Waals surface area contributed by atoms with Crippen molar-refractivity contribution in [1.82, 2.24) is 29.5 Å². The fraction of sp³-hybridized carbons (Fsp3) is 0.240. The monoisotopic (exact) mass is 474 g/mol. The molecule has 4 aromatic heterocycles. The van der Waals surface area contributed by atoms with Gasteiger partial charge in [-0.2, -0.15) is 14.9 Å². The van der Waals surface area contributed by atoms with Crippen molar-refractivity contribution in [3.8, 4) is 22.7 Å². The molecule has 35 heavy (non-hydrogen) atoms. The molecule has 1 saturated carbocycles. The Morgan fingerprint density at radius 1 is 1.09 bits per heavy atom. The lowest BCUT2D eigenvalue weighted by molar-refractivity contribution is 0.0798. The standard InChI is InChI=1S/C25H20F2N6O2/c1-32-12-16-10-17(5-7-19(16)30-32)33-25(34)23(15-4-6-18(28-11-15)14-2-3-14)24-20(31-33)8-9-22(29-24)35-13-21(26)27/h4-12,14,21H,2-3,13H2,1H3. The van der Waals surface area contributed by atoms with Crippen molar-refractivity contribution in [2.75, 3.05) is 6.61 Å². The first-order valence-electron chi connectivity index (χ1n) is 11.2. The fourth-order valence-electron chi connectivity index (χ4n) is 4.16. The number of hydrogen-bond donors (Lipinski definition) is 0. The van der Waals surface area contributed by atoms with Gasteiger partial charge in [-0.1, -0.05) is 6.07 Å². The first-order chi connectivity index (χ1) is 17.0. The van der Waals surface area contributed by atoms with Crippen molar-refractivity contribution in [3.63, 3.8) is 0 Å². The maximum atomic E-state index is 13.8. The second-order valence-electron chi connectivity index (χ2n) is 8.60. The molecule has 4 heterocycles. The van der Waals surface area contributed by atoms with Crippen molar-refractivity contribution in [3.05, 3.63) is 70.9 Å². The van der Waals surface area contributed by atoms with Crippen LogP contribution in [0.1, 0.15) is 24.5 Å². The number of alkyl halides is 2. The molecule has 8 nitrogen and oxygen atoms in total. The normalized spacial score (nSPS) is 13.7. The average Bonchev–Trinajstić information content (AvgIpc) is 3.63. The molecule has 176 valence electrons. The van der Waals surface area contributed by atoms with Crippen LogP contribution in [0.5, 0.6) is 5.88 Å². The summed E-state index contributed by atoms with van der Waals surface area (Å²) in [6.07, 6.45) is 3.11. The molecule has 0 amide bonds. The van der Waals surface area contributed by atoms with Gasteiger partial charge >= 0.3 is 0 Å². The van der Waals surface area contributed by atoms with Crippen molar-refractivity contribution in [2.45, 2.75) is 25.2 Å². The number of benzene rings is 1. The number of aryl methyl sites for hydroxylation is 1. The van der Waals surface area contributed by atoms with Gasteiger partial charge in [0.25, 0.3) is 12.0 Å². The lowest BCUT2D eigenvalue weighted by Crippen LogP contribution is -2.24. The fourth-order valence-corrected chi connectivity index (χ4v) is 4.16. The number of aromatic nitrogens is 6. The van der Waals surface area contributed by atoms with E-state index in [1.807, 2.05) is 37.5 Å². The van der Waals surface area contributed by atoms with Crippen LogP contribution in [-0.2, 0) is 7.05 Å². The van der Waals surface area contributed by atoms with Gasteiger partial charge in [-0.05, 0) is 43.2 Å². The molecule has 0 aliphatic heterocycles. The molecule has 1 aliphatic rings. The minimum absolute atomic E-state index is 0.00246. The summed E-state index contributed by atoms with van der Waals surface area (Å²) in [4.78, 5) is 22.7. The van der Waals surface area contributed by atoms with E-state index in [-0.39, 0.29) is 17.0 Å². The Kier molecular flexibility index (Phi) is 5.01. The third-order valence-electron chi connectivity index (χ3n) is 5.97. The maximum Gasteiger partial charge on any atom is 0.281 e. The van der Waals surface area contributed by atoms with E-state index in [9.17, 15) is 13.6 Å². The Bertz CT molecular complexity index is 1620. The molecule has 10 heteroatoms. The van der Waals surface area contributed by atoms with E-state index in [4.69, 9.17) is 4.74 Å². The molecular weight excluding hydrogens is 454 g/mol. The summed E-state index contributed by atoms with van der Waals surface area (Å²) in [5.41, 5.74) is 3.48. The largest absolute Gasteiger partial charge is 0.472 e. The summed E-state index contributed by atoms with van der Waals surface area (Å²) in [6, 6.07) is 12.3. The molecule has 0 atom stereocenters. The van der Waals surface area contributed by atoms with Gasteiger partial charge in [-0.25, -0.2) is 13.8 Å². The Hall–Kier alpha value is -4.21. The number of halogens is 2. The van der Waals surface area contributed by atoms with E-state index in [0.29, 0.717) is 22.7 Å². The van der Waals surface area contributed by atoms with E-state index in [1.165, 1.54) is 10.7 Å². The number of ether oxygens (including phenoxy) is 1. The summed E-state index contributed by atoms with van der Waals surface area (Å²) in [5, 5.41) is 9.77. The zero-order valence-electron chi connectivity index (χ0n) is 18.7. The SMILES string of the molecule is Cn1cc2cc(-n3nc4ccc(OCC(F)F)nc4c(-c4ccc(C5CC5)nc4)c3=O)ccc2n1. The summed E-state index contributed by atoms with van der Waals surface area (Å²) in [6.45, 7) is -0.791. The Labute approximate surface area is 197 Å². The van der Waals surface area contributed by atoms with Gasteiger partial charge in [0.05, 0.1) is 16.8 Å². The highest BCUT2D eigenvalue weighted by atomic mass is 19.3. The smallest absolute Gasteiger partial charge is 0.281 e. The molecule has 0 bridgehead atoms. The van der Waals surface area contributed by atoms with Gasteiger partial charge in [0.2, 0.25) is 5.88 Å². The van der Waals surface area contributed by atoms with Crippen LogP contribution in [0.2, 0.25) is 0 Å². The van der Waals surface area contributed by atoms with E-state index in [1.54, 1.807) is 23.0 Å². The summed E-state index contributed by atoms with van der Waals surface area (Å²) < 4.78 is 33.5. The highest BCUT2D eigenvalue weighted by molar-refractivity contribution is 5.91. The highest BCUT2D eigenvalue weighted by Gasteiger charge is 2.25. The van der Waals surface area contributed by atoms with Crippen molar-refractivity contribution < 1.29 is 13.5 Å². The average molecular weight is 474 g/mol. The topological polar surface area (TPSA) is 87.7 Å². The highest BCUT2D eigenvalue weighted by Crippen LogP contribution is 2.39. The van der Waals surface area contributed by atoms with Crippen LogP contribution in [-0.4, -0.2) is 42.6 Å². The predicted molar refractivity (Wildman–Crippen MR) is 126 cm³/mol. The number of fused-ring (bicyclic) bond motifs is 2. The molecule has 1 fully saturated rings. The number of rotatable bonds is 6. The van der Waals surface area contributed by atoms with Gasteiger partial charge in [-0.15, -0.1) is 0 Å². The molecule has 5 aromatic rings. The zero-order valence-corrected chi connectivity index (χ0v) is 18.7. The lowest BCUT2D eigenvalue weighted by atomic mass is 10.1. The Morgan fingerprint density at radius 2 is 1.91 bits per heavy atom. The summed E-state index contributed by atoms with van der Waals surface area (Å²) in [7, 11) is 1.83. The van der Waals surface area contributed by atoms with E-state index >= 15 is 0 Å². The zero-order chi connectivity index (χ0) is 24.1. The Morgan fingerprint density at radius 3 is 2.66 bits per heavy atom. The molecule has 1 aliphatic carbocycles. The van der Waals surface area contributed by atoms with Crippen LogP contribution in [0.25, 0.3) is 38.8 Å². The van der Waals surface area contributed by atoms with Crippen LogP contribution in [0, 0.1) is 0 Å². The molecule has 0 spiro atoms. The Balaban J connectivity index is 1.55. The quantitative estimate of drug-likeness (QED) is 0.366. The lowest BCUT2D eigenvalue weighted by Gasteiger charge is -2.12. The molecule has 0 N–H and O–H groups in total. The molecule has 0 saturated heterocycles. The van der Waals surface area contributed by atoms with Gasteiger partial charge in [0.15, 0.2) is 6.61 Å². The molecular formula is C25H20F2N6O2. The minimum atomic E-state index is -2.64. The van der Waals surface area contributed by atoms with Gasteiger partial charge < -0.3 is 4.74 Å². The van der Waals surface area contributed by atoms with E-state index in [0.717, 1.165) is 29.4 Å². The van der Waals surface area contributed by atoms with Crippen molar-refractivity contribution >= 4 is 21.9 Å². The molecule has 1 aromatic carbocycles. The van der Waals surface area contributed by atoms with E-state index < -0.39 is 18.6 Å². The number of hydrogen-bond acceptors (Lipinski definition) is 6. The second-order valence-corrected chi connectivity index (χ2v) is 8.60. The maximum absolute atomic E-state index is 13.8. The van der Waals surface area contributed by atoms with Crippen LogP contribution in [0.15, 0.2) is 59.7 Å². The minimum Gasteiger partial charge on any atom is -0.472 e. The van der Waals surface area contributed by atoms with Gasteiger partial charge in [-0.3, -0.25) is 14.5 Å². The number of pyridine rings is 2. The number of nitrogens with zero attached hydrogens (tertiary/aromatic N) is 6. The molecule has 0 unspecified atom stereocenters. The van der Waals surface area contributed by atoms with Crippen LogP contribution < -0.4 is 10.3 Å². The second kappa shape index (κ2) is 8.23. The van der Waals surface area contributed by atoms with Crippen molar-refractivity contribution in [2.24, 2.45) is 7.05 Å². The first-order valence-corrected chi connectivity index (χ1v) is 11.2. The van der Waals surface area contributed by atoms with Crippen molar-refractivity contribution in [1.29, 1.82) is 0 Å². The van der Waals surface area contributed by atoms with Crippen LogP contribution in [0.4, 0.5) is 8.78 Å². The first kappa shape index (κ1) is 21.3. The summed E-state index contributed by atoms with van der Waals surface area (Å²) in [5.74, 6) is 0.464. The molecule has 0 radical (unpaired) electrons. The van der Waals surface area contributed by atoms with Gasteiger partial charge in [0, 0.05) is 48.1 Å². The van der Waals surface area contributed by atoms with E-state index in [2.05, 4.69) is 20.2 Å². The van der Waals surface area contributed by atoms with Crippen LogP contribution in [0.3, 0.4) is 0 Å². The van der Waals surface area contributed by atoms with Gasteiger partial charge in [0.1, 0.15) is 11.0 Å². The molecule has 6 rings (SSSR count). The third kappa shape index (κ3) is 4.01. The third-order valence-corrected chi connectivity index (χ3v) is 5.97. The van der Waals surface area contributed by atoms with Crippen LogP contribution >= 0.6 is 0 Å². The predicted octanol–water partition coefficient (Wildman–Crippen LogP) is 4.25. The summed E-state index contributed by atoms with van der Waals surface area (Å²) >= 11 is 0.